The Morgan fingerprint density at radius 1 is 1.28 bits per heavy atom. The Bertz CT molecular complexity index is 712. The highest BCUT2D eigenvalue weighted by molar-refractivity contribution is 14.0. The summed E-state index contributed by atoms with van der Waals surface area (Å²) in [4.78, 5) is 4.54. The number of aromatic nitrogens is 3. The van der Waals surface area contributed by atoms with Crippen molar-refractivity contribution in [1.82, 2.24) is 25.4 Å². The normalized spacial score (nSPS) is 28.0. The molecule has 7 nitrogen and oxygen atoms in total. The molecule has 3 unspecified atom stereocenters. The van der Waals surface area contributed by atoms with Crippen LogP contribution in [0.4, 0.5) is 0 Å². The molecule has 29 heavy (non-hydrogen) atoms. The zero-order valence-corrected chi connectivity index (χ0v) is 20.6. The Hall–Kier alpha value is -0.900. The van der Waals surface area contributed by atoms with Crippen molar-refractivity contribution in [3.63, 3.8) is 0 Å². The van der Waals surface area contributed by atoms with Gasteiger partial charge in [0, 0.05) is 50.0 Å². The number of guanidine groups is 1. The first-order valence-electron chi connectivity index (χ1n) is 11.1. The predicted molar refractivity (Wildman–Crippen MR) is 126 cm³/mol. The van der Waals surface area contributed by atoms with Crippen molar-refractivity contribution >= 4 is 29.9 Å². The fourth-order valence-corrected chi connectivity index (χ4v) is 5.51. The number of fused-ring (bicyclic) bond motifs is 1. The van der Waals surface area contributed by atoms with Crippen molar-refractivity contribution in [2.45, 2.75) is 96.4 Å². The highest BCUT2D eigenvalue weighted by Gasteiger charge is 2.57. The lowest BCUT2D eigenvalue weighted by molar-refractivity contribution is -0.125. The lowest BCUT2D eigenvalue weighted by Crippen LogP contribution is -2.65. The van der Waals surface area contributed by atoms with E-state index in [1.807, 2.05) is 7.05 Å². The van der Waals surface area contributed by atoms with Gasteiger partial charge in [-0.25, -0.2) is 0 Å². The third-order valence-corrected chi connectivity index (χ3v) is 7.05. The molecule has 1 aliphatic heterocycles. The second-order valence-corrected chi connectivity index (χ2v) is 9.01. The van der Waals surface area contributed by atoms with Crippen LogP contribution in [0.25, 0.3) is 0 Å². The molecule has 2 fully saturated rings. The lowest BCUT2D eigenvalue weighted by Gasteiger charge is -2.54. The van der Waals surface area contributed by atoms with Gasteiger partial charge in [-0.2, -0.15) is 0 Å². The molecule has 2 heterocycles. The van der Waals surface area contributed by atoms with E-state index < -0.39 is 0 Å². The van der Waals surface area contributed by atoms with E-state index in [1.165, 1.54) is 25.7 Å². The summed E-state index contributed by atoms with van der Waals surface area (Å²) >= 11 is 0. The van der Waals surface area contributed by atoms with Crippen molar-refractivity contribution in [3.05, 3.63) is 11.6 Å². The van der Waals surface area contributed by atoms with Gasteiger partial charge in [-0.1, -0.05) is 26.7 Å². The van der Waals surface area contributed by atoms with Gasteiger partial charge in [-0.15, -0.1) is 34.2 Å². The van der Waals surface area contributed by atoms with Gasteiger partial charge in [0.05, 0.1) is 6.10 Å². The summed E-state index contributed by atoms with van der Waals surface area (Å²) in [6.45, 7) is 8.20. The van der Waals surface area contributed by atoms with Crippen LogP contribution in [0.5, 0.6) is 0 Å². The maximum atomic E-state index is 6.06. The maximum absolute atomic E-state index is 6.06. The number of nitrogens with one attached hydrogen (secondary N) is 2. The van der Waals surface area contributed by atoms with E-state index in [9.17, 15) is 0 Å². The number of ether oxygens (including phenoxy) is 1. The van der Waals surface area contributed by atoms with Gasteiger partial charge in [0.25, 0.3) is 0 Å². The molecule has 0 aromatic carbocycles. The van der Waals surface area contributed by atoms with Crippen LogP contribution in [0, 0.1) is 5.41 Å². The van der Waals surface area contributed by atoms with Crippen LogP contribution in [0.3, 0.4) is 0 Å². The van der Waals surface area contributed by atoms with Crippen molar-refractivity contribution < 1.29 is 4.74 Å². The predicted octanol–water partition coefficient (Wildman–Crippen LogP) is 3.24. The second-order valence-electron chi connectivity index (χ2n) is 9.01. The molecule has 0 saturated heterocycles. The fraction of sp³-hybridized carbons (Fsp3) is 0.857. The number of rotatable bonds is 5. The first-order chi connectivity index (χ1) is 13.6. The Kier molecular flexibility index (Phi) is 7.46. The topological polar surface area (TPSA) is 76.4 Å². The molecule has 1 aromatic heterocycles. The minimum absolute atomic E-state index is 0. The summed E-state index contributed by atoms with van der Waals surface area (Å²) in [6, 6.07) is 0.826. The smallest absolute Gasteiger partial charge is 0.191 e. The number of hydrogen-bond donors (Lipinski definition) is 2. The standard InChI is InChI=1S/C21H36N6O.HI/c1-5-28-17-12-16(21(17)10-6-7-11-21)24-20(22-4)23-15-8-9-18-25-26-19(14(2)3)27(18)13-15;/h14-17H,5-13H2,1-4H3,(H2,22,23,24);1H. The third kappa shape index (κ3) is 4.29. The van der Waals surface area contributed by atoms with Gasteiger partial charge >= 0.3 is 0 Å². The molecule has 3 aliphatic rings. The van der Waals surface area contributed by atoms with Gasteiger partial charge in [0.1, 0.15) is 11.6 Å². The first kappa shape index (κ1) is 22.8. The van der Waals surface area contributed by atoms with Crippen molar-refractivity contribution in [3.8, 4) is 0 Å². The molecule has 1 spiro atoms. The average Bonchev–Trinajstić information content (AvgIpc) is 3.34. The van der Waals surface area contributed by atoms with Crippen molar-refractivity contribution in [1.29, 1.82) is 0 Å². The number of aliphatic imine (C=N–C) groups is 1. The summed E-state index contributed by atoms with van der Waals surface area (Å²) < 4.78 is 8.36. The van der Waals surface area contributed by atoms with Crippen LogP contribution in [0.15, 0.2) is 4.99 Å². The van der Waals surface area contributed by atoms with Gasteiger partial charge in [-0.05, 0) is 32.6 Å². The van der Waals surface area contributed by atoms with Crippen LogP contribution in [-0.2, 0) is 17.7 Å². The Balaban J connectivity index is 0.00000240. The summed E-state index contributed by atoms with van der Waals surface area (Å²) in [5.74, 6) is 3.53. The van der Waals surface area contributed by atoms with E-state index in [4.69, 9.17) is 4.74 Å². The lowest BCUT2D eigenvalue weighted by atomic mass is 9.60. The number of nitrogens with zero attached hydrogens (tertiary/aromatic N) is 4. The molecule has 0 amide bonds. The van der Waals surface area contributed by atoms with Crippen LogP contribution < -0.4 is 10.6 Å². The Morgan fingerprint density at radius 3 is 2.69 bits per heavy atom. The highest BCUT2D eigenvalue weighted by Crippen LogP contribution is 2.54. The quantitative estimate of drug-likeness (QED) is 0.357. The van der Waals surface area contributed by atoms with E-state index in [0.717, 1.165) is 50.0 Å². The molecular weight excluding hydrogens is 479 g/mol. The minimum Gasteiger partial charge on any atom is -0.378 e. The van der Waals surface area contributed by atoms with Crippen LogP contribution in [0.1, 0.15) is 76.9 Å². The van der Waals surface area contributed by atoms with E-state index >= 15 is 0 Å². The molecule has 3 atom stereocenters. The number of halogens is 1. The molecule has 8 heteroatoms. The minimum atomic E-state index is 0. The third-order valence-electron chi connectivity index (χ3n) is 7.05. The summed E-state index contributed by atoms with van der Waals surface area (Å²) in [5.41, 5.74) is 0.312. The second kappa shape index (κ2) is 9.49. The maximum Gasteiger partial charge on any atom is 0.191 e. The van der Waals surface area contributed by atoms with Crippen LogP contribution >= 0.6 is 24.0 Å². The molecule has 2 saturated carbocycles. The molecule has 4 rings (SSSR count). The molecule has 2 N–H and O–H groups in total. The largest absolute Gasteiger partial charge is 0.378 e. The molecule has 0 bridgehead atoms. The van der Waals surface area contributed by atoms with Crippen LogP contribution in [-0.4, -0.2) is 52.6 Å². The number of hydrogen-bond acceptors (Lipinski definition) is 4. The summed E-state index contributed by atoms with van der Waals surface area (Å²) in [6.07, 6.45) is 8.73. The van der Waals surface area contributed by atoms with Gasteiger partial charge in [0.15, 0.2) is 5.96 Å². The molecule has 0 radical (unpaired) electrons. The number of aryl methyl sites for hydroxylation is 1. The van der Waals surface area contributed by atoms with Crippen molar-refractivity contribution in [2.24, 2.45) is 10.4 Å². The van der Waals surface area contributed by atoms with Crippen molar-refractivity contribution in [2.75, 3.05) is 13.7 Å². The van der Waals surface area contributed by atoms with E-state index in [0.29, 0.717) is 29.5 Å². The Morgan fingerprint density at radius 2 is 2.03 bits per heavy atom. The first-order valence-corrected chi connectivity index (χ1v) is 11.1. The SMILES string of the molecule is CCOC1CC(NC(=NC)NC2CCc3nnc(C(C)C)n3C2)C12CCCC2.I. The van der Waals surface area contributed by atoms with E-state index in [-0.39, 0.29) is 24.0 Å². The highest BCUT2D eigenvalue weighted by atomic mass is 127. The average molecular weight is 516 g/mol. The fourth-order valence-electron chi connectivity index (χ4n) is 5.51. The van der Waals surface area contributed by atoms with Gasteiger partial charge in [0.2, 0.25) is 0 Å². The van der Waals surface area contributed by atoms with Gasteiger partial charge < -0.3 is 19.9 Å². The molecule has 164 valence electrons. The molecular formula is C21H37IN6O. The zero-order valence-electron chi connectivity index (χ0n) is 18.3. The molecule has 2 aliphatic carbocycles. The van der Waals surface area contributed by atoms with Crippen LogP contribution in [0.2, 0.25) is 0 Å². The molecule has 1 aromatic rings. The van der Waals surface area contributed by atoms with E-state index in [2.05, 4.69) is 51.2 Å². The van der Waals surface area contributed by atoms with Gasteiger partial charge in [-0.3, -0.25) is 4.99 Å². The Labute approximate surface area is 191 Å². The zero-order chi connectivity index (χ0) is 19.7. The summed E-state index contributed by atoms with van der Waals surface area (Å²) in [5, 5.41) is 16.2. The monoisotopic (exact) mass is 516 g/mol. The summed E-state index contributed by atoms with van der Waals surface area (Å²) in [7, 11) is 1.88. The van der Waals surface area contributed by atoms with E-state index in [1.54, 1.807) is 0 Å².